The van der Waals surface area contributed by atoms with Gasteiger partial charge in [0.1, 0.15) is 6.54 Å². The van der Waals surface area contributed by atoms with Gasteiger partial charge in [0.25, 0.3) is 0 Å². The molecule has 2 N–H and O–H groups in total. The molecule has 1 rings (SSSR count). The molecule has 0 aromatic rings. The molecule has 1 atom stereocenters. The molecule has 0 aliphatic heterocycles. The fourth-order valence-corrected chi connectivity index (χ4v) is 1.48. The van der Waals surface area contributed by atoms with Gasteiger partial charge >= 0.3 is 6.18 Å². The molecule has 0 bridgehead atoms. The van der Waals surface area contributed by atoms with E-state index in [1.54, 1.807) is 0 Å². The van der Waals surface area contributed by atoms with Gasteiger partial charge in [-0.05, 0) is 19.3 Å². The molecule has 16 heavy (non-hydrogen) atoms. The normalized spacial score (nSPS) is 20.8. The maximum Gasteiger partial charge on any atom is 0.405 e. The Labute approximate surface area is 92.1 Å². The van der Waals surface area contributed by atoms with Gasteiger partial charge in [-0.3, -0.25) is 4.79 Å². The van der Waals surface area contributed by atoms with Gasteiger partial charge in [0.05, 0.1) is 6.54 Å². The highest BCUT2D eigenvalue weighted by molar-refractivity contribution is 5.78. The van der Waals surface area contributed by atoms with Crippen molar-refractivity contribution in [3.05, 3.63) is 12.2 Å². The minimum absolute atomic E-state index is 0.0609. The predicted molar refractivity (Wildman–Crippen MR) is 53.8 cm³/mol. The number of amides is 1. The lowest BCUT2D eigenvalue weighted by atomic mass is 10.0. The summed E-state index contributed by atoms with van der Waals surface area (Å²) in [6, 6.07) is 0.196. The van der Waals surface area contributed by atoms with Crippen LogP contribution in [-0.2, 0) is 4.79 Å². The molecule has 1 unspecified atom stereocenters. The summed E-state index contributed by atoms with van der Waals surface area (Å²) >= 11 is 0. The van der Waals surface area contributed by atoms with Crippen LogP contribution in [-0.4, -0.2) is 31.2 Å². The van der Waals surface area contributed by atoms with Crippen LogP contribution >= 0.6 is 0 Å². The van der Waals surface area contributed by atoms with Crippen molar-refractivity contribution in [1.82, 2.24) is 10.6 Å². The van der Waals surface area contributed by atoms with Gasteiger partial charge in [-0.2, -0.15) is 13.2 Å². The van der Waals surface area contributed by atoms with E-state index in [4.69, 9.17) is 0 Å². The zero-order valence-electron chi connectivity index (χ0n) is 8.81. The number of allylic oxidation sites excluding steroid dienone is 1. The summed E-state index contributed by atoms with van der Waals surface area (Å²) < 4.78 is 35.3. The molecule has 0 fully saturated rings. The Kier molecular flexibility index (Phi) is 4.79. The highest BCUT2D eigenvalue weighted by atomic mass is 19.4. The van der Waals surface area contributed by atoms with Crippen molar-refractivity contribution in [3.8, 4) is 0 Å². The van der Waals surface area contributed by atoms with Gasteiger partial charge in [0.2, 0.25) is 5.91 Å². The molecule has 1 aliphatic rings. The number of carbonyl (C=O) groups is 1. The van der Waals surface area contributed by atoms with Crippen LogP contribution in [0.4, 0.5) is 13.2 Å². The lowest BCUT2D eigenvalue weighted by Gasteiger charge is -2.19. The molecule has 6 heteroatoms. The monoisotopic (exact) mass is 236 g/mol. The summed E-state index contributed by atoms with van der Waals surface area (Å²) in [5.41, 5.74) is 0. The highest BCUT2D eigenvalue weighted by Gasteiger charge is 2.27. The van der Waals surface area contributed by atoms with Gasteiger partial charge in [0.15, 0.2) is 0 Å². The van der Waals surface area contributed by atoms with Gasteiger partial charge in [-0.15, -0.1) is 0 Å². The van der Waals surface area contributed by atoms with E-state index in [9.17, 15) is 18.0 Å². The quantitative estimate of drug-likeness (QED) is 0.724. The molecule has 0 saturated carbocycles. The topological polar surface area (TPSA) is 41.1 Å². The van der Waals surface area contributed by atoms with Crippen molar-refractivity contribution in [2.75, 3.05) is 13.1 Å². The van der Waals surface area contributed by atoms with Crippen LogP contribution in [0.5, 0.6) is 0 Å². The Morgan fingerprint density at radius 3 is 2.69 bits per heavy atom. The summed E-state index contributed by atoms with van der Waals surface area (Å²) in [6.07, 6.45) is 2.41. The molecular formula is C10H15F3N2O. The van der Waals surface area contributed by atoms with Crippen LogP contribution in [0.3, 0.4) is 0 Å². The summed E-state index contributed by atoms with van der Waals surface area (Å²) in [5.74, 6) is -0.619. The van der Waals surface area contributed by atoms with E-state index in [0.717, 1.165) is 19.3 Å². The SMILES string of the molecule is O=C(CNC1CC=CCC1)NCC(F)(F)F. The fourth-order valence-electron chi connectivity index (χ4n) is 1.48. The third-order valence-corrected chi connectivity index (χ3v) is 2.31. The average molecular weight is 236 g/mol. The third-order valence-electron chi connectivity index (χ3n) is 2.31. The number of carbonyl (C=O) groups excluding carboxylic acids is 1. The standard InChI is InChI=1S/C10H15F3N2O/c11-10(12,13)7-15-9(16)6-14-8-4-2-1-3-5-8/h1-2,8,14H,3-7H2,(H,15,16). The smallest absolute Gasteiger partial charge is 0.346 e. The number of hydrogen-bond donors (Lipinski definition) is 2. The zero-order valence-corrected chi connectivity index (χ0v) is 8.81. The summed E-state index contributed by atoms with van der Waals surface area (Å²) in [7, 11) is 0. The highest BCUT2D eigenvalue weighted by Crippen LogP contribution is 2.12. The second-order valence-electron chi connectivity index (χ2n) is 3.75. The predicted octanol–water partition coefficient (Wildman–Crippen LogP) is 1.36. The maximum absolute atomic E-state index is 11.8. The fraction of sp³-hybridized carbons (Fsp3) is 0.700. The van der Waals surface area contributed by atoms with E-state index in [1.165, 1.54) is 0 Å². The van der Waals surface area contributed by atoms with Crippen molar-refractivity contribution in [2.45, 2.75) is 31.5 Å². The third kappa shape index (κ3) is 5.75. The van der Waals surface area contributed by atoms with E-state index in [1.807, 2.05) is 11.4 Å². The molecule has 0 saturated heterocycles. The molecule has 1 aliphatic carbocycles. The molecule has 1 amide bonds. The van der Waals surface area contributed by atoms with Crippen molar-refractivity contribution in [2.24, 2.45) is 0 Å². The molecule has 3 nitrogen and oxygen atoms in total. The van der Waals surface area contributed by atoms with Gasteiger partial charge in [-0.25, -0.2) is 0 Å². The lowest BCUT2D eigenvalue weighted by Crippen LogP contribution is -2.42. The van der Waals surface area contributed by atoms with Crippen molar-refractivity contribution >= 4 is 5.91 Å². The first-order valence-electron chi connectivity index (χ1n) is 5.19. The summed E-state index contributed by atoms with van der Waals surface area (Å²) in [4.78, 5) is 11.0. The molecule has 0 aromatic carbocycles. The van der Waals surface area contributed by atoms with Crippen LogP contribution in [0.15, 0.2) is 12.2 Å². The van der Waals surface area contributed by atoms with Crippen molar-refractivity contribution < 1.29 is 18.0 Å². The van der Waals surface area contributed by atoms with E-state index in [0.29, 0.717) is 0 Å². The Morgan fingerprint density at radius 2 is 2.12 bits per heavy atom. The Hall–Kier alpha value is -1.04. The van der Waals surface area contributed by atoms with Crippen LogP contribution in [0.1, 0.15) is 19.3 Å². The number of halogens is 3. The second kappa shape index (κ2) is 5.89. The second-order valence-corrected chi connectivity index (χ2v) is 3.75. The molecule has 0 spiro atoms. The first kappa shape index (κ1) is 13.0. The van der Waals surface area contributed by atoms with E-state index in [2.05, 4.69) is 11.4 Å². The first-order chi connectivity index (χ1) is 7.47. The Bertz CT molecular complexity index is 263. The lowest BCUT2D eigenvalue weighted by molar-refractivity contribution is -0.137. The van der Waals surface area contributed by atoms with Crippen LogP contribution in [0.2, 0.25) is 0 Å². The van der Waals surface area contributed by atoms with E-state index in [-0.39, 0.29) is 12.6 Å². The van der Waals surface area contributed by atoms with Crippen molar-refractivity contribution in [3.63, 3.8) is 0 Å². The van der Waals surface area contributed by atoms with Crippen LogP contribution < -0.4 is 10.6 Å². The minimum Gasteiger partial charge on any atom is -0.346 e. The minimum atomic E-state index is -4.34. The number of alkyl halides is 3. The largest absolute Gasteiger partial charge is 0.405 e. The Morgan fingerprint density at radius 1 is 1.38 bits per heavy atom. The van der Waals surface area contributed by atoms with E-state index < -0.39 is 18.6 Å². The van der Waals surface area contributed by atoms with Gasteiger partial charge < -0.3 is 10.6 Å². The molecular weight excluding hydrogens is 221 g/mol. The number of nitrogens with one attached hydrogen (secondary N) is 2. The molecule has 0 aromatic heterocycles. The van der Waals surface area contributed by atoms with Crippen LogP contribution in [0.25, 0.3) is 0 Å². The molecule has 0 heterocycles. The van der Waals surface area contributed by atoms with Crippen LogP contribution in [0, 0.1) is 0 Å². The Balaban J connectivity index is 2.12. The van der Waals surface area contributed by atoms with Crippen molar-refractivity contribution in [1.29, 1.82) is 0 Å². The van der Waals surface area contributed by atoms with Gasteiger partial charge in [0, 0.05) is 6.04 Å². The maximum atomic E-state index is 11.8. The first-order valence-corrected chi connectivity index (χ1v) is 5.19. The van der Waals surface area contributed by atoms with Gasteiger partial charge in [-0.1, -0.05) is 12.2 Å². The molecule has 92 valence electrons. The summed E-state index contributed by atoms with van der Waals surface area (Å²) in [6.45, 7) is -1.33. The molecule has 0 radical (unpaired) electrons. The average Bonchev–Trinajstić information content (AvgIpc) is 2.24. The number of hydrogen-bond acceptors (Lipinski definition) is 2. The zero-order chi connectivity index (χ0) is 12.0. The number of rotatable bonds is 4. The van der Waals surface area contributed by atoms with E-state index >= 15 is 0 Å². The summed E-state index contributed by atoms with van der Waals surface area (Å²) in [5, 5.41) is 4.74.